The first kappa shape index (κ1) is 11.4. The number of nitrogens with one attached hydrogen (secondary N) is 1. The highest BCUT2D eigenvalue weighted by Gasteiger charge is 2.37. The number of hydrogen-bond acceptors (Lipinski definition) is 3. The largest absolute Gasteiger partial charge is 0.381 e. The van der Waals surface area contributed by atoms with Crippen molar-refractivity contribution in [3.8, 4) is 0 Å². The first-order valence-electron chi connectivity index (χ1n) is 6.12. The third kappa shape index (κ3) is 2.52. The molecule has 3 nitrogen and oxygen atoms in total. The number of rotatable bonds is 5. The van der Waals surface area contributed by atoms with Crippen LogP contribution in [0.4, 0.5) is 0 Å². The van der Waals surface area contributed by atoms with Gasteiger partial charge in [0.05, 0.1) is 12.2 Å². The second-order valence-electron chi connectivity index (χ2n) is 5.03. The van der Waals surface area contributed by atoms with E-state index in [9.17, 15) is 0 Å². The van der Waals surface area contributed by atoms with Crippen LogP contribution in [0.3, 0.4) is 0 Å². The minimum atomic E-state index is 0.147. The van der Waals surface area contributed by atoms with Crippen LogP contribution in [0, 0.1) is 5.92 Å². The molecule has 0 spiro atoms. The molecule has 0 radical (unpaired) electrons. The highest BCUT2D eigenvalue weighted by Crippen LogP contribution is 2.34. The van der Waals surface area contributed by atoms with Gasteiger partial charge in [-0.05, 0) is 38.5 Å². The molecule has 88 valence electrons. The molecule has 15 heavy (non-hydrogen) atoms. The zero-order chi connectivity index (χ0) is 10.7. The van der Waals surface area contributed by atoms with Crippen molar-refractivity contribution in [1.29, 1.82) is 0 Å². The second kappa shape index (κ2) is 4.81. The van der Waals surface area contributed by atoms with Gasteiger partial charge < -0.3 is 14.8 Å². The van der Waals surface area contributed by atoms with E-state index >= 15 is 0 Å². The minimum absolute atomic E-state index is 0.147. The molecule has 1 saturated carbocycles. The molecule has 1 N–H and O–H groups in total. The Morgan fingerprint density at radius 2 is 2.33 bits per heavy atom. The first-order valence-corrected chi connectivity index (χ1v) is 6.12. The summed E-state index contributed by atoms with van der Waals surface area (Å²) in [6.45, 7) is 5.13. The van der Waals surface area contributed by atoms with Gasteiger partial charge in [-0.25, -0.2) is 0 Å². The maximum Gasteiger partial charge on any atom is 0.0802 e. The Hall–Kier alpha value is -0.120. The standard InChI is InChI=1S/C12H23NO2/c1-10(11-4-7-15-8-11)13-9-12(14-2)5-3-6-12/h10-11,13H,3-9H2,1-2H3. The fourth-order valence-corrected chi connectivity index (χ4v) is 2.48. The van der Waals surface area contributed by atoms with Crippen LogP contribution in [-0.2, 0) is 9.47 Å². The molecular formula is C12H23NO2. The molecule has 2 aliphatic rings. The summed E-state index contributed by atoms with van der Waals surface area (Å²) in [5, 5.41) is 3.61. The summed E-state index contributed by atoms with van der Waals surface area (Å²) in [5.74, 6) is 0.694. The topological polar surface area (TPSA) is 30.5 Å². The smallest absolute Gasteiger partial charge is 0.0802 e. The number of hydrogen-bond donors (Lipinski definition) is 1. The van der Waals surface area contributed by atoms with E-state index in [1.165, 1.54) is 25.7 Å². The van der Waals surface area contributed by atoms with E-state index < -0.39 is 0 Å². The summed E-state index contributed by atoms with van der Waals surface area (Å²) >= 11 is 0. The Morgan fingerprint density at radius 3 is 2.80 bits per heavy atom. The van der Waals surface area contributed by atoms with Crippen LogP contribution in [0.25, 0.3) is 0 Å². The van der Waals surface area contributed by atoms with E-state index in [2.05, 4.69) is 12.2 Å². The fourth-order valence-electron chi connectivity index (χ4n) is 2.48. The van der Waals surface area contributed by atoms with Crippen molar-refractivity contribution in [3.05, 3.63) is 0 Å². The molecule has 0 amide bonds. The molecule has 0 aromatic rings. The Kier molecular flexibility index (Phi) is 3.65. The lowest BCUT2D eigenvalue weighted by atomic mass is 9.79. The van der Waals surface area contributed by atoms with Gasteiger partial charge in [-0.3, -0.25) is 0 Å². The molecule has 1 saturated heterocycles. The summed E-state index contributed by atoms with van der Waals surface area (Å²) in [6, 6.07) is 0.556. The van der Waals surface area contributed by atoms with Crippen LogP contribution in [0.2, 0.25) is 0 Å². The molecule has 2 atom stereocenters. The van der Waals surface area contributed by atoms with Crippen LogP contribution in [0.5, 0.6) is 0 Å². The number of ether oxygens (including phenoxy) is 2. The van der Waals surface area contributed by atoms with Gasteiger partial charge >= 0.3 is 0 Å². The predicted molar refractivity (Wildman–Crippen MR) is 60.0 cm³/mol. The minimum Gasteiger partial charge on any atom is -0.381 e. The molecule has 1 aliphatic heterocycles. The maximum absolute atomic E-state index is 5.59. The first-order chi connectivity index (χ1) is 7.26. The Bertz CT molecular complexity index is 192. The summed E-state index contributed by atoms with van der Waals surface area (Å²) in [6.07, 6.45) is 4.94. The monoisotopic (exact) mass is 213 g/mol. The van der Waals surface area contributed by atoms with E-state index in [1.807, 2.05) is 7.11 Å². The van der Waals surface area contributed by atoms with Crippen molar-refractivity contribution in [2.45, 2.75) is 44.2 Å². The summed E-state index contributed by atoms with van der Waals surface area (Å²) in [5.41, 5.74) is 0.147. The molecular weight excluding hydrogens is 190 g/mol. The van der Waals surface area contributed by atoms with Crippen molar-refractivity contribution < 1.29 is 9.47 Å². The Labute approximate surface area is 92.5 Å². The molecule has 0 bridgehead atoms. The average Bonchev–Trinajstić information content (AvgIpc) is 2.69. The number of methoxy groups -OCH3 is 1. The van der Waals surface area contributed by atoms with Gasteiger partial charge in [0.2, 0.25) is 0 Å². The SMILES string of the molecule is COC1(CNC(C)C2CCOC2)CCC1. The average molecular weight is 213 g/mol. The van der Waals surface area contributed by atoms with Gasteiger partial charge in [-0.2, -0.15) is 0 Å². The van der Waals surface area contributed by atoms with Gasteiger partial charge in [-0.15, -0.1) is 0 Å². The van der Waals surface area contributed by atoms with Crippen molar-refractivity contribution in [1.82, 2.24) is 5.32 Å². The van der Waals surface area contributed by atoms with Crippen LogP contribution < -0.4 is 5.32 Å². The van der Waals surface area contributed by atoms with Gasteiger partial charge in [0.25, 0.3) is 0 Å². The molecule has 2 rings (SSSR count). The van der Waals surface area contributed by atoms with Gasteiger partial charge in [0, 0.05) is 26.3 Å². The predicted octanol–water partition coefficient (Wildman–Crippen LogP) is 1.57. The molecule has 2 unspecified atom stereocenters. The van der Waals surface area contributed by atoms with E-state index in [4.69, 9.17) is 9.47 Å². The van der Waals surface area contributed by atoms with E-state index in [-0.39, 0.29) is 5.60 Å². The quantitative estimate of drug-likeness (QED) is 0.752. The van der Waals surface area contributed by atoms with Crippen LogP contribution >= 0.6 is 0 Å². The summed E-state index contributed by atoms with van der Waals surface area (Å²) in [4.78, 5) is 0. The molecule has 0 aromatic carbocycles. The van der Waals surface area contributed by atoms with E-state index in [1.54, 1.807) is 0 Å². The van der Waals surface area contributed by atoms with Crippen LogP contribution in [0.15, 0.2) is 0 Å². The van der Waals surface area contributed by atoms with Gasteiger partial charge in [0.1, 0.15) is 0 Å². The third-order valence-corrected chi connectivity index (χ3v) is 4.12. The van der Waals surface area contributed by atoms with Gasteiger partial charge in [-0.1, -0.05) is 0 Å². The van der Waals surface area contributed by atoms with Crippen LogP contribution in [-0.4, -0.2) is 38.5 Å². The van der Waals surface area contributed by atoms with Crippen LogP contribution in [0.1, 0.15) is 32.6 Å². The van der Waals surface area contributed by atoms with Crippen molar-refractivity contribution in [3.63, 3.8) is 0 Å². The van der Waals surface area contributed by atoms with Gasteiger partial charge in [0.15, 0.2) is 0 Å². The maximum atomic E-state index is 5.59. The molecule has 2 fully saturated rings. The summed E-state index contributed by atoms with van der Waals surface area (Å²) < 4.78 is 11.0. The second-order valence-corrected chi connectivity index (χ2v) is 5.03. The Morgan fingerprint density at radius 1 is 1.53 bits per heavy atom. The highest BCUT2D eigenvalue weighted by atomic mass is 16.5. The third-order valence-electron chi connectivity index (χ3n) is 4.12. The molecule has 1 heterocycles. The van der Waals surface area contributed by atoms with Crippen molar-refractivity contribution in [2.75, 3.05) is 26.9 Å². The lowest BCUT2D eigenvalue weighted by Gasteiger charge is -2.41. The summed E-state index contributed by atoms with van der Waals surface area (Å²) in [7, 11) is 1.84. The van der Waals surface area contributed by atoms with Crippen molar-refractivity contribution in [2.24, 2.45) is 5.92 Å². The normalized spacial score (nSPS) is 31.2. The van der Waals surface area contributed by atoms with Crippen molar-refractivity contribution >= 4 is 0 Å². The molecule has 1 aliphatic carbocycles. The lowest BCUT2D eigenvalue weighted by molar-refractivity contribution is -0.0714. The zero-order valence-electron chi connectivity index (χ0n) is 9.92. The van der Waals surface area contributed by atoms with E-state index in [0.29, 0.717) is 12.0 Å². The fraction of sp³-hybridized carbons (Fsp3) is 1.00. The van der Waals surface area contributed by atoms with E-state index in [0.717, 1.165) is 19.8 Å². The zero-order valence-corrected chi connectivity index (χ0v) is 9.92. The molecule has 0 aromatic heterocycles. The molecule has 3 heteroatoms. The Balaban J connectivity index is 1.72. The lowest BCUT2D eigenvalue weighted by Crippen LogP contribution is -2.51. The highest BCUT2D eigenvalue weighted by molar-refractivity contribution is 4.92.